The minimum absolute atomic E-state index is 0.0824. The molecule has 120 valence electrons. The smallest absolute Gasteiger partial charge is 0.238 e. The first kappa shape index (κ1) is 16.9. The highest BCUT2D eigenvalue weighted by Gasteiger charge is 2.10. The van der Waals surface area contributed by atoms with E-state index in [9.17, 15) is 8.42 Å². The Balaban J connectivity index is 1.98. The van der Waals surface area contributed by atoms with E-state index in [-0.39, 0.29) is 10.9 Å². The molecule has 6 nitrogen and oxygen atoms in total. The Morgan fingerprint density at radius 2 is 1.95 bits per heavy atom. The molecule has 0 unspecified atom stereocenters. The lowest BCUT2D eigenvalue weighted by molar-refractivity contribution is 0.568. The van der Waals surface area contributed by atoms with Gasteiger partial charge in [-0.05, 0) is 24.6 Å². The SMILES string of the molecule is C[C@@H](NCc1csc(N(C)C)n1)c1ccc(S(N)(=O)=O)cc1. The zero-order chi connectivity index (χ0) is 16.3. The van der Waals surface area contributed by atoms with E-state index in [1.54, 1.807) is 23.5 Å². The van der Waals surface area contributed by atoms with Crippen LogP contribution in [0.25, 0.3) is 0 Å². The zero-order valence-corrected chi connectivity index (χ0v) is 14.4. The first-order valence-corrected chi connectivity index (χ1v) is 9.18. The van der Waals surface area contributed by atoms with Gasteiger partial charge in [0, 0.05) is 32.1 Å². The van der Waals surface area contributed by atoms with Crippen LogP contribution >= 0.6 is 11.3 Å². The van der Waals surface area contributed by atoms with Crippen LogP contribution in [0.1, 0.15) is 24.2 Å². The predicted octanol–water partition coefficient (Wildman–Crippen LogP) is 1.71. The molecular formula is C14H20N4O2S2. The first-order valence-electron chi connectivity index (χ1n) is 6.75. The third kappa shape index (κ3) is 4.26. The minimum atomic E-state index is -3.64. The summed E-state index contributed by atoms with van der Waals surface area (Å²) < 4.78 is 22.5. The Bertz CT molecular complexity index is 724. The third-order valence-corrected chi connectivity index (χ3v) is 5.21. The third-order valence-electron chi connectivity index (χ3n) is 3.22. The molecule has 0 aliphatic heterocycles. The maximum absolute atomic E-state index is 11.2. The van der Waals surface area contributed by atoms with Gasteiger partial charge < -0.3 is 10.2 Å². The topological polar surface area (TPSA) is 88.3 Å². The van der Waals surface area contributed by atoms with Crippen LogP contribution in [0.15, 0.2) is 34.5 Å². The summed E-state index contributed by atoms with van der Waals surface area (Å²) in [5, 5.41) is 11.5. The standard InChI is InChI=1S/C14H20N4O2S2/c1-10(11-4-6-13(7-5-11)22(15,19)20)16-8-12-9-21-14(17-12)18(2)3/h4-7,9-10,16H,8H2,1-3H3,(H2,15,19,20)/t10-/m1/s1. The Morgan fingerprint density at radius 3 is 2.45 bits per heavy atom. The number of thiazole rings is 1. The van der Waals surface area contributed by atoms with Gasteiger partial charge in [0.15, 0.2) is 5.13 Å². The van der Waals surface area contributed by atoms with Crippen molar-refractivity contribution in [2.24, 2.45) is 5.14 Å². The van der Waals surface area contributed by atoms with E-state index in [0.29, 0.717) is 6.54 Å². The van der Waals surface area contributed by atoms with Crippen molar-refractivity contribution in [2.75, 3.05) is 19.0 Å². The van der Waals surface area contributed by atoms with Crippen LogP contribution < -0.4 is 15.4 Å². The molecule has 0 saturated heterocycles. The Labute approximate surface area is 135 Å². The summed E-state index contributed by atoms with van der Waals surface area (Å²) in [6.07, 6.45) is 0. The number of aromatic nitrogens is 1. The van der Waals surface area contributed by atoms with Crippen molar-refractivity contribution >= 4 is 26.5 Å². The Kier molecular flexibility index (Phi) is 5.17. The molecule has 8 heteroatoms. The average Bonchev–Trinajstić information content (AvgIpc) is 2.93. The lowest BCUT2D eigenvalue weighted by atomic mass is 10.1. The van der Waals surface area contributed by atoms with Crippen LogP contribution in [0.4, 0.5) is 5.13 Å². The fourth-order valence-corrected chi connectivity index (χ4v) is 3.18. The summed E-state index contributed by atoms with van der Waals surface area (Å²) >= 11 is 1.60. The van der Waals surface area contributed by atoms with Gasteiger partial charge >= 0.3 is 0 Å². The van der Waals surface area contributed by atoms with Crippen molar-refractivity contribution in [3.63, 3.8) is 0 Å². The molecule has 3 N–H and O–H groups in total. The molecule has 2 aromatic rings. The van der Waals surface area contributed by atoms with E-state index >= 15 is 0 Å². The van der Waals surface area contributed by atoms with Crippen molar-refractivity contribution in [1.82, 2.24) is 10.3 Å². The summed E-state index contributed by atoms with van der Waals surface area (Å²) in [6.45, 7) is 2.67. The van der Waals surface area contributed by atoms with Crippen molar-refractivity contribution in [3.8, 4) is 0 Å². The number of sulfonamides is 1. The van der Waals surface area contributed by atoms with E-state index in [1.165, 1.54) is 12.1 Å². The van der Waals surface area contributed by atoms with Gasteiger partial charge in [-0.25, -0.2) is 18.5 Å². The number of nitrogens with zero attached hydrogens (tertiary/aromatic N) is 2. The average molecular weight is 340 g/mol. The number of rotatable bonds is 6. The second kappa shape index (κ2) is 6.74. The van der Waals surface area contributed by atoms with E-state index in [1.807, 2.05) is 31.3 Å². The maximum Gasteiger partial charge on any atom is 0.238 e. The van der Waals surface area contributed by atoms with Crippen molar-refractivity contribution in [2.45, 2.75) is 24.4 Å². The van der Waals surface area contributed by atoms with Crippen molar-refractivity contribution in [3.05, 3.63) is 40.9 Å². The molecule has 0 radical (unpaired) electrons. The van der Waals surface area contributed by atoms with Crippen LogP contribution in [0.3, 0.4) is 0 Å². The van der Waals surface area contributed by atoms with Crippen molar-refractivity contribution in [1.29, 1.82) is 0 Å². The Hall–Kier alpha value is -1.48. The second-order valence-electron chi connectivity index (χ2n) is 5.23. The number of benzene rings is 1. The molecule has 0 spiro atoms. The molecule has 0 saturated carbocycles. The number of hydrogen-bond acceptors (Lipinski definition) is 6. The monoisotopic (exact) mass is 340 g/mol. The summed E-state index contributed by atoms with van der Waals surface area (Å²) in [4.78, 5) is 6.61. The van der Waals surface area contributed by atoms with Crippen molar-refractivity contribution < 1.29 is 8.42 Å². The van der Waals surface area contributed by atoms with Gasteiger partial charge in [-0.15, -0.1) is 11.3 Å². The van der Waals surface area contributed by atoms with Crippen LogP contribution in [0.2, 0.25) is 0 Å². The molecule has 1 aromatic heterocycles. The quantitative estimate of drug-likeness (QED) is 0.836. The van der Waals surface area contributed by atoms with Crippen LogP contribution in [-0.2, 0) is 16.6 Å². The number of hydrogen-bond donors (Lipinski definition) is 2. The van der Waals surface area contributed by atoms with Crippen LogP contribution in [0.5, 0.6) is 0 Å². The molecule has 1 aromatic carbocycles. The molecular weight excluding hydrogens is 320 g/mol. The summed E-state index contributed by atoms with van der Waals surface area (Å²) in [5.41, 5.74) is 1.98. The molecule has 22 heavy (non-hydrogen) atoms. The number of primary sulfonamides is 1. The Morgan fingerprint density at radius 1 is 1.32 bits per heavy atom. The first-order chi connectivity index (χ1) is 10.3. The summed E-state index contributed by atoms with van der Waals surface area (Å²) in [6, 6.07) is 6.66. The lowest BCUT2D eigenvalue weighted by Crippen LogP contribution is -2.19. The largest absolute Gasteiger partial charge is 0.354 e. The number of nitrogens with two attached hydrogens (primary N) is 1. The molecule has 1 heterocycles. The number of anilines is 1. The highest BCUT2D eigenvalue weighted by atomic mass is 32.2. The molecule has 0 bridgehead atoms. The normalized spacial score (nSPS) is 13.1. The molecule has 0 aliphatic carbocycles. The fraction of sp³-hybridized carbons (Fsp3) is 0.357. The van der Waals surface area contributed by atoms with E-state index in [0.717, 1.165) is 16.4 Å². The van der Waals surface area contributed by atoms with Crippen LogP contribution in [-0.4, -0.2) is 27.5 Å². The maximum atomic E-state index is 11.2. The zero-order valence-electron chi connectivity index (χ0n) is 12.8. The molecule has 2 rings (SSSR count). The second-order valence-corrected chi connectivity index (χ2v) is 7.63. The molecule has 0 amide bonds. The predicted molar refractivity (Wildman–Crippen MR) is 89.5 cm³/mol. The summed E-state index contributed by atoms with van der Waals surface area (Å²) in [7, 11) is 0.288. The van der Waals surface area contributed by atoms with E-state index in [4.69, 9.17) is 5.14 Å². The molecule has 0 fully saturated rings. The fourth-order valence-electron chi connectivity index (χ4n) is 1.90. The van der Waals surface area contributed by atoms with Gasteiger partial charge in [0.2, 0.25) is 10.0 Å². The van der Waals surface area contributed by atoms with E-state index in [2.05, 4.69) is 10.3 Å². The highest BCUT2D eigenvalue weighted by Crippen LogP contribution is 2.19. The molecule has 1 atom stereocenters. The van der Waals surface area contributed by atoms with E-state index < -0.39 is 10.0 Å². The lowest BCUT2D eigenvalue weighted by Gasteiger charge is -2.14. The summed E-state index contributed by atoms with van der Waals surface area (Å²) in [5.74, 6) is 0. The van der Waals surface area contributed by atoms with Gasteiger partial charge in [0.1, 0.15) is 0 Å². The number of nitrogens with one attached hydrogen (secondary N) is 1. The van der Waals surface area contributed by atoms with Gasteiger partial charge in [-0.3, -0.25) is 0 Å². The van der Waals surface area contributed by atoms with Crippen LogP contribution in [0, 0.1) is 0 Å². The van der Waals surface area contributed by atoms with Gasteiger partial charge in [0.25, 0.3) is 0 Å². The van der Waals surface area contributed by atoms with Gasteiger partial charge in [-0.1, -0.05) is 12.1 Å². The molecule has 0 aliphatic rings. The minimum Gasteiger partial charge on any atom is -0.354 e. The van der Waals surface area contributed by atoms with Gasteiger partial charge in [-0.2, -0.15) is 0 Å². The van der Waals surface area contributed by atoms with Gasteiger partial charge in [0.05, 0.1) is 10.6 Å². The highest BCUT2D eigenvalue weighted by molar-refractivity contribution is 7.89.